The summed E-state index contributed by atoms with van der Waals surface area (Å²) in [6.45, 7) is 8.32. The van der Waals surface area contributed by atoms with Crippen LogP contribution < -0.4 is 4.74 Å². The van der Waals surface area contributed by atoms with Gasteiger partial charge in [-0.05, 0) is 38.1 Å². The van der Waals surface area contributed by atoms with Gasteiger partial charge in [0.1, 0.15) is 17.4 Å². The van der Waals surface area contributed by atoms with Gasteiger partial charge in [0.25, 0.3) is 0 Å². The summed E-state index contributed by atoms with van der Waals surface area (Å²) in [6.07, 6.45) is 3.84. The number of ether oxygens (including phenoxy) is 1. The molecule has 24 heavy (non-hydrogen) atoms. The molecule has 0 amide bonds. The highest BCUT2D eigenvalue weighted by Gasteiger charge is 2.21. The van der Waals surface area contributed by atoms with Gasteiger partial charge in [-0.1, -0.05) is 13.8 Å². The normalized spacial score (nSPS) is 12.6. The van der Waals surface area contributed by atoms with Crippen LogP contribution in [0.1, 0.15) is 50.2 Å². The van der Waals surface area contributed by atoms with Crippen LogP contribution in [0.25, 0.3) is 5.69 Å². The van der Waals surface area contributed by atoms with Gasteiger partial charge in [-0.2, -0.15) is 5.10 Å². The van der Waals surface area contributed by atoms with Crippen LogP contribution in [0.2, 0.25) is 0 Å². The molecule has 2 aromatic heterocycles. The van der Waals surface area contributed by atoms with E-state index < -0.39 is 0 Å². The number of hydrogen-bond acceptors (Lipinski definition) is 4. The first kappa shape index (κ1) is 16.2. The lowest BCUT2D eigenvalue weighted by Crippen LogP contribution is -2.16. The average molecular weight is 325 g/mol. The highest BCUT2D eigenvalue weighted by Crippen LogP contribution is 2.24. The Bertz CT molecular complexity index is 816. The zero-order chi connectivity index (χ0) is 17.3. The third-order valence-electron chi connectivity index (χ3n) is 4.06. The summed E-state index contributed by atoms with van der Waals surface area (Å²) in [5.74, 6) is 3.85. The van der Waals surface area contributed by atoms with Gasteiger partial charge >= 0.3 is 0 Å². The Morgan fingerprint density at radius 1 is 1.04 bits per heavy atom. The first-order valence-electron chi connectivity index (χ1n) is 8.12. The summed E-state index contributed by atoms with van der Waals surface area (Å²) in [7, 11) is 1.66. The van der Waals surface area contributed by atoms with Gasteiger partial charge in [-0.15, -0.1) is 0 Å². The summed E-state index contributed by atoms with van der Waals surface area (Å²) in [6, 6.07) is 7.86. The Kier molecular flexibility index (Phi) is 4.38. The summed E-state index contributed by atoms with van der Waals surface area (Å²) in [5.41, 5.74) is 0.962. The summed E-state index contributed by atoms with van der Waals surface area (Å²) in [4.78, 5) is 9.14. The average Bonchev–Trinajstić information content (AvgIpc) is 3.21. The predicted molar refractivity (Wildman–Crippen MR) is 92.8 cm³/mol. The van der Waals surface area contributed by atoms with Crippen molar-refractivity contribution >= 4 is 0 Å². The Balaban J connectivity index is 2.03. The second kappa shape index (κ2) is 6.47. The number of rotatable bonds is 5. The molecule has 0 aliphatic rings. The minimum absolute atomic E-state index is 0.0354. The van der Waals surface area contributed by atoms with Gasteiger partial charge in [0, 0.05) is 18.3 Å². The zero-order valence-corrected chi connectivity index (χ0v) is 14.8. The number of nitrogens with zero attached hydrogens (tertiary/aromatic N) is 5. The van der Waals surface area contributed by atoms with E-state index in [9.17, 15) is 0 Å². The lowest BCUT2D eigenvalue weighted by Gasteiger charge is -2.18. The topological polar surface area (TPSA) is 57.8 Å². The van der Waals surface area contributed by atoms with E-state index in [0.717, 1.165) is 28.9 Å². The number of aryl methyl sites for hydroxylation is 1. The summed E-state index contributed by atoms with van der Waals surface area (Å²) >= 11 is 0. The Morgan fingerprint density at radius 3 is 2.38 bits per heavy atom. The number of methoxy groups -OCH3 is 1. The van der Waals surface area contributed by atoms with Crippen LogP contribution in [-0.4, -0.2) is 31.4 Å². The van der Waals surface area contributed by atoms with Crippen molar-refractivity contribution in [2.75, 3.05) is 7.11 Å². The molecule has 2 heterocycles. The number of benzene rings is 1. The fourth-order valence-corrected chi connectivity index (χ4v) is 2.84. The lowest BCUT2D eigenvalue weighted by atomic mass is 10.2. The van der Waals surface area contributed by atoms with E-state index >= 15 is 0 Å². The first-order chi connectivity index (χ1) is 11.5. The maximum atomic E-state index is 5.23. The van der Waals surface area contributed by atoms with Crippen LogP contribution in [0.15, 0.2) is 36.7 Å². The largest absolute Gasteiger partial charge is 0.497 e. The smallest absolute Gasteiger partial charge is 0.155 e. The highest BCUT2D eigenvalue weighted by atomic mass is 16.5. The van der Waals surface area contributed by atoms with Gasteiger partial charge in [0.05, 0.1) is 18.8 Å². The molecule has 0 unspecified atom stereocenters. The third-order valence-corrected chi connectivity index (χ3v) is 4.06. The van der Waals surface area contributed by atoms with Crippen LogP contribution in [0.3, 0.4) is 0 Å². The second-order valence-corrected chi connectivity index (χ2v) is 6.15. The van der Waals surface area contributed by atoms with Crippen LogP contribution in [-0.2, 0) is 0 Å². The molecule has 0 saturated carbocycles. The van der Waals surface area contributed by atoms with Crippen LogP contribution in [0.4, 0.5) is 0 Å². The first-order valence-corrected chi connectivity index (χ1v) is 8.12. The minimum Gasteiger partial charge on any atom is -0.497 e. The molecule has 6 nitrogen and oxygen atoms in total. The molecule has 6 heteroatoms. The van der Waals surface area contributed by atoms with Crippen molar-refractivity contribution in [3.8, 4) is 11.4 Å². The van der Waals surface area contributed by atoms with Gasteiger partial charge in [0.15, 0.2) is 5.82 Å². The molecular formula is C18H23N5O. The van der Waals surface area contributed by atoms with Crippen LogP contribution in [0.5, 0.6) is 5.75 Å². The number of imidazole rings is 1. The standard InChI is InChI=1S/C18H23N5O/c1-12(2)17-19-10-11-22(17)13(3)18-20-14(4)21-23(18)15-6-8-16(24-5)9-7-15/h6-13H,1-5H3/t13-/m0/s1. The molecule has 126 valence electrons. The van der Waals surface area contributed by atoms with Crippen molar-refractivity contribution in [1.29, 1.82) is 0 Å². The van der Waals surface area contributed by atoms with Gasteiger partial charge < -0.3 is 9.30 Å². The van der Waals surface area contributed by atoms with E-state index in [0.29, 0.717) is 5.92 Å². The second-order valence-electron chi connectivity index (χ2n) is 6.15. The molecule has 0 saturated heterocycles. The molecule has 0 bridgehead atoms. The number of hydrogen-bond donors (Lipinski definition) is 0. The van der Waals surface area contributed by atoms with Crippen molar-refractivity contribution in [1.82, 2.24) is 24.3 Å². The molecule has 0 aliphatic heterocycles. The fourth-order valence-electron chi connectivity index (χ4n) is 2.84. The van der Waals surface area contributed by atoms with E-state index in [1.165, 1.54) is 0 Å². The molecule has 3 aromatic rings. The predicted octanol–water partition coefficient (Wildman–Crippen LogP) is 3.51. The van der Waals surface area contributed by atoms with E-state index in [-0.39, 0.29) is 6.04 Å². The van der Waals surface area contributed by atoms with Gasteiger partial charge in [0.2, 0.25) is 0 Å². The lowest BCUT2D eigenvalue weighted by molar-refractivity contribution is 0.414. The van der Waals surface area contributed by atoms with E-state index in [1.54, 1.807) is 7.11 Å². The van der Waals surface area contributed by atoms with Gasteiger partial charge in [-0.3, -0.25) is 0 Å². The molecule has 3 rings (SSSR count). The van der Waals surface area contributed by atoms with E-state index in [1.807, 2.05) is 48.3 Å². The fraction of sp³-hybridized carbons (Fsp3) is 0.389. The maximum absolute atomic E-state index is 5.23. The minimum atomic E-state index is 0.0354. The number of aromatic nitrogens is 5. The van der Waals surface area contributed by atoms with Crippen molar-refractivity contribution in [2.45, 2.75) is 39.7 Å². The van der Waals surface area contributed by atoms with Crippen molar-refractivity contribution in [3.05, 3.63) is 54.1 Å². The van der Waals surface area contributed by atoms with Crippen molar-refractivity contribution in [3.63, 3.8) is 0 Å². The third kappa shape index (κ3) is 2.91. The molecule has 0 N–H and O–H groups in total. The maximum Gasteiger partial charge on any atom is 0.155 e. The molecule has 0 fully saturated rings. The molecule has 0 aliphatic carbocycles. The van der Waals surface area contributed by atoms with Crippen LogP contribution in [0, 0.1) is 6.92 Å². The van der Waals surface area contributed by atoms with Crippen molar-refractivity contribution in [2.24, 2.45) is 0 Å². The van der Waals surface area contributed by atoms with Crippen molar-refractivity contribution < 1.29 is 4.74 Å². The molecule has 0 radical (unpaired) electrons. The molecule has 1 aromatic carbocycles. The Hall–Kier alpha value is -2.63. The molecule has 1 atom stereocenters. The highest BCUT2D eigenvalue weighted by molar-refractivity contribution is 5.37. The zero-order valence-electron chi connectivity index (χ0n) is 14.8. The van der Waals surface area contributed by atoms with E-state index in [4.69, 9.17) is 4.74 Å². The Labute approximate surface area is 142 Å². The Morgan fingerprint density at radius 2 is 1.75 bits per heavy atom. The quantitative estimate of drug-likeness (QED) is 0.720. The monoisotopic (exact) mass is 325 g/mol. The molecule has 0 spiro atoms. The van der Waals surface area contributed by atoms with Gasteiger partial charge in [-0.25, -0.2) is 14.6 Å². The molecular weight excluding hydrogens is 302 g/mol. The van der Waals surface area contributed by atoms with E-state index in [2.05, 4.69) is 40.4 Å². The summed E-state index contributed by atoms with van der Waals surface area (Å²) in [5, 5.41) is 4.57. The van der Waals surface area contributed by atoms with Crippen LogP contribution >= 0.6 is 0 Å². The summed E-state index contributed by atoms with van der Waals surface area (Å²) < 4.78 is 9.28. The SMILES string of the molecule is COc1ccc(-n2nc(C)nc2[C@H](C)n2ccnc2C(C)C)cc1.